The number of para-hydroxylation sites is 2. The molecule has 2 aliphatic carbocycles. The lowest BCUT2D eigenvalue weighted by Crippen LogP contribution is -2.17. The first-order valence-electron chi connectivity index (χ1n) is 16.9. The van der Waals surface area contributed by atoms with E-state index in [1.807, 2.05) is 12.4 Å². The Balaban J connectivity index is 1.18. The van der Waals surface area contributed by atoms with E-state index < -0.39 is 0 Å². The maximum atomic E-state index is 4.68. The molecule has 0 spiro atoms. The molecule has 0 saturated carbocycles. The predicted molar refractivity (Wildman–Crippen MR) is 201 cm³/mol. The van der Waals surface area contributed by atoms with Crippen LogP contribution in [0.3, 0.4) is 0 Å². The van der Waals surface area contributed by atoms with E-state index >= 15 is 0 Å². The number of aromatic nitrogens is 2. The highest BCUT2D eigenvalue weighted by Crippen LogP contribution is 2.58. The van der Waals surface area contributed by atoms with Crippen molar-refractivity contribution in [1.82, 2.24) is 9.97 Å². The van der Waals surface area contributed by atoms with Gasteiger partial charge in [-0.15, -0.1) is 0 Å². The molecular formula is C46H34N2. The summed E-state index contributed by atoms with van der Waals surface area (Å²) in [6, 6.07) is 44.9. The lowest BCUT2D eigenvalue weighted by molar-refractivity contribution is 0.652. The molecule has 8 aromatic rings. The second-order valence-corrected chi connectivity index (χ2v) is 14.6. The van der Waals surface area contributed by atoms with Gasteiger partial charge in [0.2, 0.25) is 0 Å². The topological polar surface area (TPSA) is 25.8 Å². The molecule has 0 unspecified atom stereocenters. The number of nitrogens with zero attached hydrogens (tertiary/aromatic N) is 2. The molecule has 0 bridgehead atoms. The Morgan fingerprint density at radius 2 is 0.896 bits per heavy atom. The van der Waals surface area contributed by atoms with Crippen molar-refractivity contribution in [3.63, 3.8) is 0 Å². The zero-order valence-corrected chi connectivity index (χ0v) is 27.6. The smallest absolute Gasteiger partial charge is 0.0708 e. The number of rotatable bonds is 2. The van der Waals surface area contributed by atoms with Gasteiger partial charge in [-0.25, -0.2) is 0 Å². The first kappa shape index (κ1) is 27.5. The van der Waals surface area contributed by atoms with Crippen LogP contribution < -0.4 is 0 Å². The van der Waals surface area contributed by atoms with Gasteiger partial charge in [-0.1, -0.05) is 100 Å². The van der Waals surface area contributed by atoms with E-state index in [1.54, 1.807) is 0 Å². The number of fused-ring (bicyclic) bond motifs is 10. The summed E-state index contributed by atoms with van der Waals surface area (Å²) in [6.45, 7) is 9.61. The Hall–Kier alpha value is -5.60. The lowest BCUT2D eigenvalue weighted by atomic mass is 9.78. The summed E-state index contributed by atoms with van der Waals surface area (Å²) in [6.07, 6.45) is 3.88. The molecule has 0 amide bonds. The highest BCUT2D eigenvalue weighted by atomic mass is 14.6. The van der Waals surface area contributed by atoms with Crippen LogP contribution in [0.15, 0.2) is 134 Å². The molecule has 48 heavy (non-hydrogen) atoms. The van der Waals surface area contributed by atoms with Gasteiger partial charge in [-0.3, -0.25) is 9.97 Å². The average molecular weight is 615 g/mol. The Labute approximate surface area is 280 Å². The molecular weight excluding hydrogens is 581 g/mol. The largest absolute Gasteiger partial charge is 0.256 e. The van der Waals surface area contributed by atoms with Crippen LogP contribution in [-0.4, -0.2) is 9.97 Å². The summed E-state index contributed by atoms with van der Waals surface area (Å²) in [7, 11) is 0. The van der Waals surface area contributed by atoms with Crippen LogP contribution in [0.2, 0.25) is 0 Å². The van der Waals surface area contributed by atoms with E-state index in [0.717, 1.165) is 11.0 Å². The average Bonchev–Trinajstić information content (AvgIpc) is 3.48. The number of pyridine rings is 2. The van der Waals surface area contributed by atoms with Gasteiger partial charge < -0.3 is 0 Å². The van der Waals surface area contributed by atoms with Gasteiger partial charge in [0.05, 0.1) is 11.0 Å². The number of hydrogen-bond acceptors (Lipinski definition) is 2. The van der Waals surface area contributed by atoms with Gasteiger partial charge in [-0.05, 0) is 126 Å². The van der Waals surface area contributed by atoms with Gasteiger partial charge in [0.1, 0.15) is 0 Å². The molecule has 10 rings (SSSR count). The fourth-order valence-corrected chi connectivity index (χ4v) is 8.88. The Kier molecular flexibility index (Phi) is 5.44. The van der Waals surface area contributed by atoms with Crippen molar-refractivity contribution >= 4 is 32.6 Å². The zero-order chi connectivity index (χ0) is 32.4. The molecule has 2 heteroatoms. The molecule has 0 aliphatic heterocycles. The fourth-order valence-electron chi connectivity index (χ4n) is 8.88. The van der Waals surface area contributed by atoms with E-state index in [0.29, 0.717) is 0 Å². The Bertz CT molecular complexity index is 2670. The SMILES string of the molecule is CC1(C)c2cc(-c3ccnc4ccccc34)ccc2-c2cc3c(cc21)-c1c(cc(-c2ccnc4ccccc24)c2ccccc12)C3(C)C. The van der Waals surface area contributed by atoms with Crippen molar-refractivity contribution in [3.8, 4) is 44.5 Å². The van der Waals surface area contributed by atoms with E-state index in [1.165, 1.54) is 88.3 Å². The minimum Gasteiger partial charge on any atom is -0.256 e. The van der Waals surface area contributed by atoms with Crippen molar-refractivity contribution in [2.75, 3.05) is 0 Å². The minimum absolute atomic E-state index is 0.142. The first-order valence-corrected chi connectivity index (χ1v) is 16.9. The van der Waals surface area contributed by atoms with Gasteiger partial charge >= 0.3 is 0 Å². The van der Waals surface area contributed by atoms with Crippen molar-refractivity contribution < 1.29 is 0 Å². The first-order chi connectivity index (χ1) is 23.3. The highest BCUT2D eigenvalue weighted by Gasteiger charge is 2.42. The molecule has 0 atom stereocenters. The van der Waals surface area contributed by atoms with Crippen molar-refractivity contribution in [2.24, 2.45) is 0 Å². The number of hydrogen-bond donors (Lipinski definition) is 0. The van der Waals surface area contributed by atoms with E-state index in [-0.39, 0.29) is 10.8 Å². The minimum atomic E-state index is -0.163. The fraction of sp³-hybridized carbons (Fsp3) is 0.130. The van der Waals surface area contributed by atoms with Gasteiger partial charge in [0.15, 0.2) is 0 Å². The number of benzene rings is 6. The predicted octanol–water partition coefficient (Wildman–Crippen LogP) is 11.9. The standard InChI is InChI=1S/C46H34N2/c1-45(2)38-23-27(28-19-21-47-42-15-9-7-12-32(28)42)17-18-31(38)36-25-40-37(26-39(36)45)44-34-14-6-5-11-29(34)35(24-41(44)46(40,3)4)30-20-22-48-43-16-10-8-13-33(30)43/h5-26H,1-4H3. The summed E-state index contributed by atoms with van der Waals surface area (Å²) in [4.78, 5) is 9.30. The molecule has 228 valence electrons. The van der Waals surface area contributed by atoms with Gasteiger partial charge in [-0.2, -0.15) is 0 Å². The van der Waals surface area contributed by atoms with E-state index in [4.69, 9.17) is 0 Å². The third-order valence-electron chi connectivity index (χ3n) is 11.4. The normalized spacial score (nSPS) is 15.0. The lowest BCUT2D eigenvalue weighted by Gasteiger charge is -2.24. The van der Waals surface area contributed by atoms with Crippen LogP contribution in [0.1, 0.15) is 49.9 Å². The molecule has 0 radical (unpaired) electrons. The maximum absolute atomic E-state index is 4.68. The van der Waals surface area contributed by atoms with Crippen molar-refractivity contribution in [3.05, 3.63) is 156 Å². The molecule has 2 aliphatic rings. The quantitative estimate of drug-likeness (QED) is 0.194. The Morgan fingerprint density at radius 1 is 0.375 bits per heavy atom. The van der Waals surface area contributed by atoms with Crippen LogP contribution in [-0.2, 0) is 10.8 Å². The molecule has 0 N–H and O–H groups in total. The van der Waals surface area contributed by atoms with Gasteiger partial charge in [0, 0.05) is 34.0 Å². The molecule has 2 nitrogen and oxygen atoms in total. The van der Waals surface area contributed by atoms with Crippen molar-refractivity contribution in [2.45, 2.75) is 38.5 Å². The molecule has 0 saturated heterocycles. The summed E-state index contributed by atoms with van der Waals surface area (Å²) >= 11 is 0. The molecule has 6 aromatic carbocycles. The van der Waals surface area contributed by atoms with Gasteiger partial charge in [0.25, 0.3) is 0 Å². The second-order valence-electron chi connectivity index (χ2n) is 14.6. The van der Waals surface area contributed by atoms with Crippen molar-refractivity contribution in [1.29, 1.82) is 0 Å². The summed E-state index contributed by atoms with van der Waals surface area (Å²) in [5.74, 6) is 0. The van der Waals surface area contributed by atoms with Crippen LogP contribution in [0.25, 0.3) is 77.1 Å². The summed E-state index contributed by atoms with van der Waals surface area (Å²) in [5, 5.41) is 4.98. The summed E-state index contributed by atoms with van der Waals surface area (Å²) < 4.78 is 0. The molecule has 2 aromatic heterocycles. The van der Waals surface area contributed by atoms with Crippen LogP contribution >= 0.6 is 0 Å². The second kappa shape index (κ2) is 9.49. The highest BCUT2D eigenvalue weighted by molar-refractivity contribution is 6.12. The summed E-state index contributed by atoms with van der Waals surface area (Å²) in [5.41, 5.74) is 17.8. The zero-order valence-electron chi connectivity index (χ0n) is 27.6. The monoisotopic (exact) mass is 614 g/mol. The molecule has 0 fully saturated rings. The maximum Gasteiger partial charge on any atom is 0.0708 e. The van der Waals surface area contributed by atoms with Crippen LogP contribution in [0.4, 0.5) is 0 Å². The van der Waals surface area contributed by atoms with Crippen LogP contribution in [0, 0.1) is 0 Å². The van der Waals surface area contributed by atoms with E-state index in [2.05, 4.69) is 159 Å². The Morgan fingerprint density at radius 3 is 1.62 bits per heavy atom. The third-order valence-corrected chi connectivity index (χ3v) is 11.4. The molecule has 2 heterocycles. The van der Waals surface area contributed by atoms with Crippen LogP contribution in [0.5, 0.6) is 0 Å². The third kappa shape index (κ3) is 3.58. The van der Waals surface area contributed by atoms with E-state index in [9.17, 15) is 0 Å².